The number of hydrogen-bond acceptors (Lipinski definition) is 6. The minimum atomic E-state index is -0.206. The molecule has 0 aliphatic carbocycles. The van der Waals surface area contributed by atoms with Crippen molar-refractivity contribution in [1.29, 1.82) is 0 Å². The van der Waals surface area contributed by atoms with Crippen LogP contribution >= 0.6 is 11.6 Å². The highest BCUT2D eigenvalue weighted by atomic mass is 35.5. The summed E-state index contributed by atoms with van der Waals surface area (Å²) in [6.45, 7) is 4.78. The van der Waals surface area contributed by atoms with E-state index in [4.69, 9.17) is 20.9 Å². The number of amides is 1. The van der Waals surface area contributed by atoms with Crippen LogP contribution in [0.15, 0.2) is 47.0 Å². The third-order valence-electron chi connectivity index (χ3n) is 4.56. The number of carbonyl (C=O) groups excluding carboxylic acids is 1. The molecule has 0 radical (unpaired) electrons. The van der Waals surface area contributed by atoms with E-state index in [1.54, 1.807) is 30.1 Å². The number of nitrogens with zero attached hydrogens (tertiary/aromatic N) is 3. The van der Waals surface area contributed by atoms with Gasteiger partial charge in [-0.15, -0.1) is 0 Å². The second-order valence-electron chi connectivity index (χ2n) is 7.35. The summed E-state index contributed by atoms with van der Waals surface area (Å²) < 4.78 is 10.6. The van der Waals surface area contributed by atoms with Gasteiger partial charge in [-0.2, -0.15) is 4.98 Å². The van der Waals surface area contributed by atoms with Crippen molar-refractivity contribution in [3.63, 3.8) is 0 Å². The first-order valence-electron chi connectivity index (χ1n) is 9.60. The summed E-state index contributed by atoms with van der Waals surface area (Å²) in [6, 6.07) is 13.2. The molecular formula is C22H25ClN4O3. The topological polar surface area (TPSA) is 80.5 Å². The van der Waals surface area contributed by atoms with Gasteiger partial charge in [-0.1, -0.05) is 54.9 Å². The monoisotopic (exact) mass is 428 g/mol. The molecule has 1 amide bonds. The molecule has 0 aliphatic heterocycles. The molecule has 2 aromatic carbocycles. The summed E-state index contributed by atoms with van der Waals surface area (Å²) in [5, 5.41) is 7.37. The Bertz CT molecular complexity index is 1000. The summed E-state index contributed by atoms with van der Waals surface area (Å²) >= 11 is 6.00. The van der Waals surface area contributed by atoms with Gasteiger partial charge in [0.2, 0.25) is 17.6 Å². The summed E-state index contributed by atoms with van der Waals surface area (Å²) in [5.74, 6) is 1.77. The van der Waals surface area contributed by atoms with E-state index in [0.717, 1.165) is 5.56 Å². The molecule has 1 heterocycles. The van der Waals surface area contributed by atoms with Crippen molar-refractivity contribution in [1.82, 2.24) is 15.0 Å². The number of likely N-dealkylation sites (N-methyl/N-ethyl adjacent to an activating group) is 1. The predicted octanol–water partition coefficient (Wildman–Crippen LogP) is 4.59. The van der Waals surface area contributed by atoms with E-state index in [-0.39, 0.29) is 12.5 Å². The molecule has 0 fully saturated rings. The van der Waals surface area contributed by atoms with E-state index in [2.05, 4.69) is 41.4 Å². The molecule has 0 spiro atoms. The van der Waals surface area contributed by atoms with Crippen molar-refractivity contribution < 1.29 is 14.1 Å². The van der Waals surface area contributed by atoms with Crippen LogP contribution in [0.3, 0.4) is 0 Å². The first-order valence-corrected chi connectivity index (χ1v) is 9.98. The first-order chi connectivity index (χ1) is 14.4. The summed E-state index contributed by atoms with van der Waals surface area (Å²) in [6.07, 6.45) is 0. The number of halogens is 1. The van der Waals surface area contributed by atoms with Gasteiger partial charge in [-0.05, 0) is 36.7 Å². The number of carbonyl (C=O) groups is 1. The van der Waals surface area contributed by atoms with Crippen molar-refractivity contribution in [2.45, 2.75) is 26.3 Å². The lowest BCUT2D eigenvalue weighted by atomic mass is 10.0. The van der Waals surface area contributed by atoms with Gasteiger partial charge >= 0.3 is 0 Å². The van der Waals surface area contributed by atoms with Crippen LogP contribution < -0.4 is 10.1 Å². The molecule has 7 nitrogen and oxygen atoms in total. The summed E-state index contributed by atoms with van der Waals surface area (Å²) in [4.78, 5) is 18.6. The maximum atomic E-state index is 12.4. The zero-order valence-corrected chi connectivity index (χ0v) is 18.2. The Kier molecular flexibility index (Phi) is 7.07. The normalized spacial score (nSPS) is 11.2. The third-order valence-corrected chi connectivity index (χ3v) is 4.79. The Morgan fingerprint density at radius 3 is 2.63 bits per heavy atom. The lowest BCUT2D eigenvalue weighted by Gasteiger charge is -2.15. The second kappa shape index (κ2) is 9.73. The largest absolute Gasteiger partial charge is 0.495 e. The van der Waals surface area contributed by atoms with E-state index < -0.39 is 0 Å². The smallest absolute Gasteiger partial charge is 0.241 e. The zero-order chi connectivity index (χ0) is 21.7. The number of aromatic nitrogens is 2. The van der Waals surface area contributed by atoms with E-state index in [1.807, 2.05) is 12.1 Å². The number of nitrogens with one attached hydrogen (secondary N) is 1. The maximum absolute atomic E-state index is 12.4. The Labute approximate surface area is 181 Å². The van der Waals surface area contributed by atoms with Crippen molar-refractivity contribution in [2.75, 3.05) is 26.0 Å². The van der Waals surface area contributed by atoms with E-state index in [9.17, 15) is 4.79 Å². The average Bonchev–Trinajstić information content (AvgIpc) is 3.16. The molecule has 0 bridgehead atoms. The molecule has 0 unspecified atom stereocenters. The first kappa shape index (κ1) is 21.8. The van der Waals surface area contributed by atoms with Crippen molar-refractivity contribution >= 4 is 23.2 Å². The number of hydrogen-bond donors (Lipinski definition) is 1. The van der Waals surface area contributed by atoms with Crippen LogP contribution in [-0.2, 0) is 11.3 Å². The van der Waals surface area contributed by atoms with Crippen LogP contribution in [0.5, 0.6) is 5.75 Å². The fraction of sp³-hybridized carbons (Fsp3) is 0.318. The number of methoxy groups -OCH3 is 1. The predicted molar refractivity (Wildman–Crippen MR) is 117 cm³/mol. The molecule has 0 aliphatic rings. The summed E-state index contributed by atoms with van der Waals surface area (Å²) in [5.41, 5.74) is 2.67. The zero-order valence-electron chi connectivity index (χ0n) is 17.5. The minimum absolute atomic E-state index is 0.135. The van der Waals surface area contributed by atoms with Gasteiger partial charge in [0.1, 0.15) is 5.75 Å². The van der Waals surface area contributed by atoms with Crippen molar-refractivity contribution in [3.05, 3.63) is 58.9 Å². The lowest BCUT2D eigenvalue weighted by molar-refractivity contribution is -0.117. The van der Waals surface area contributed by atoms with E-state index in [1.165, 1.54) is 12.7 Å². The van der Waals surface area contributed by atoms with Crippen LogP contribution in [0.2, 0.25) is 5.02 Å². The highest BCUT2D eigenvalue weighted by Gasteiger charge is 2.15. The third kappa shape index (κ3) is 5.58. The van der Waals surface area contributed by atoms with Crippen molar-refractivity contribution in [2.24, 2.45) is 0 Å². The van der Waals surface area contributed by atoms with Gasteiger partial charge in [-0.3, -0.25) is 9.69 Å². The number of rotatable bonds is 8. The highest BCUT2D eigenvalue weighted by molar-refractivity contribution is 6.31. The van der Waals surface area contributed by atoms with E-state index >= 15 is 0 Å². The Morgan fingerprint density at radius 1 is 1.23 bits per heavy atom. The molecule has 3 aromatic rings. The molecule has 0 saturated carbocycles. The van der Waals surface area contributed by atoms with Crippen LogP contribution in [0.1, 0.15) is 31.2 Å². The number of benzene rings is 2. The second-order valence-corrected chi connectivity index (χ2v) is 7.79. The molecule has 1 N–H and O–H groups in total. The number of ether oxygens (including phenoxy) is 1. The standard InChI is InChI=1S/C22H25ClN4O3/c1-14(2)15-5-7-16(8-6-15)22-25-21(30-26-22)13-27(3)12-20(28)24-18-11-17(23)9-10-19(18)29-4/h5-11,14H,12-13H2,1-4H3,(H,24,28). The number of anilines is 1. The molecule has 158 valence electrons. The lowest BCUT2D eigenvalue weighted by Crippen LogP contribution is -2.30. The molecule has 30 heavy (non-hydrogen) atoms. The summed E-state index contributed by atoms with van der Waals surface area (Å²) in [7, 11) is 3.34. The van der Waals surface area contributed by atoms with Gasteiger partial charge in [0.25, 0.3) is 0 Å². The van der Waals surface area contributed by atoms with E-state index in [0.29, 0.717) is 40.6 Å². The van der Waals surface area contributed by atoms with Gasteiger partial charge < -0.3 is 14.6 Å². The van der Waals surface area contributed by atoms with Gasteiger partial charge in [0.15, 0.2) is 0 Å². The quantitative estimate of drug-likeness (QED) is 0.565. The maximum Gasteiger partial charge on any atom is 0.241 e. The van der Waals surface area contributed by atoms with Crippen molar-refractivity contribution in [3.8, 4) is 17.1 Å². The van der Waals surface area contributed by atoms with Crippen LogP contribution in [0.25, 0.3) is 11.4 Å². The van der Waals surface area contributed by atoms with Gasteiger partial charge in [-0.25, -0.2) is 0 Å². The fourth-order valence-corrected chi connectivity index (χ4v) is 3.13. The molecule has 0 atom stereocenters. The average molecular weight is 429 g/mol. The van der Waals surface area contributed by atoms with Gasteiger partial charge in [0, 0.05) is 10.6 Å². The molecule has 1 aromatic heterocycles. The Hall–Kier alpha value is -2.90. The Balaban J connectivity index is 1.58. The minimum Gasteiger partial charge on any atom is -0.495 e. The Morgan fingerprint density at radius 2 is 1.97 bits per heavy atom. The van der Waals surface area contributed by atoms with Crippen LogP contribution in [-0.4, -0.2) is 41.6 Å². The molecular weight excluding hydrogens is 404 g/mol. The SMILES string of the molecule is COc1ccc(Cl)cc1NC(=O)CN(C)Cc1nc(-c2ccc(C(C)C)cc2)no1. The molecule has 3 rings (SSSR count). The molecule has 8 heteroatoms. The van der Waals surface area contributed by atoms with Gasteiger partial charge in [0.05, 0.1) is 25.9 Å². The highest BCUT2D eigenvalue weighted by Crippen LogP contribution is 2.27. The molecule has 0 saturated heterocycles. The fourth-order valence-electron chi connectivity index (χ4n) is 2.95. The van der Waals surface area contributed by atoms with Crippen LogP contribution in [0.4, 0.5) is 5.69 Å². The van der Waals surface area contributed by atoms with Crippen LogP contribution in [0, 0.1) is 0 Å².